The second kappa shape index (κ2) is 6.35. The summed E-state index contributed by atoms with van der Waals surface area (Å²) >= 11 is 0. The lowest BCUT2D eigenvalue weighted by atomic mass is 9.75. The van der Waals surface area contributed by atoms with Crippen LogP contribution in [0.2, 0.25) is 0 Å². The molecule has 0 aliphatic carbocycles. The largest absolute Gasteiger partial charge is 0.703 e. The summed E-state index contributed by atoms with van der Waals surface area (Å²) in [6, 6.07) is 8.56. The molecule has 2 rings (SSSR count). The van der Waals surface area contributed by atoms with E-state index < -0.39 is 7.18 Å². The average molecular weight is 313 g/mol. The Morgan fingerprint density at radius 3 is 2.09 bits per heavy atom. The highest BCUT2D eigenvalue weighted by Crippen LogP contribution is 2.33. The standard InChI is InChI=1S/C16H23BF3NO/c1-16(2,3)14-9-11-21(12-10-14)15(22-17(18,19)20)13-7-5-4-6-8-13/h4-8,14H,9-12H2,1-3H3. The van der Waals surface area contributed by atoms with Crippen LogP contribution in [-0.2, 0) is 4.65 Å². The van der Waals surface area contributed by atoms with E-state index in [0.717, 1.165) is 12.8 Å². The molecule has 0 aromatic heterocycles. The van der Waals surface area contributed by atoms with Gasteiger partial charge in [0, 0.05) is 12.8 Å². The van der Waals surface area contributed by atoms with Gasteiger partial charge in [-0.25, -0.2) is 4.58 Å². The minimum Gasteiger partial charge on any atom is -0.586 e. The van der Waals surface area contributed by atoms with Gasteiger partial charge < -0.3 is 17.6 Å². The first kappa shape index (κ1) is 16.9. The number of halogens is 3. The van der Waals surface area contributed by atoms with Gasteiger partial charge in [0.2, 0.25) is 0 Å². The fourth-order valence-corrected chi connectivity index (χ4v) is 2.98. The normalized spacial score (nSPS) is 19.9. The van der Waals surface area contributed by atoms with Gasteiger partial charge in [-0.1, -0.05) is 39.0 Å². The maximum absolute atomic E-state index is 12.8. The van der Waals surface area contributed by atoms with E-state index in [0.29, 0.717) is 24.6 Å². The zero-order valence-corrected chi connectivity index (χ0v) is 13.4. The highest BCUT2D eigenvalue weighted by molar-refractivity contribution is 6.53. The Morgan fingerprint density at radius 2 is 1.64 bits per heavy atom. The van der Waals surface area contributed by atoms with E-state index in [9.17, 15) is 12.9 Å². The summed E-state index contributed by atoms with van der Waals surface area (Å²) < 4.78 is 44.5. The molecule has 1 aromatic carbocycles. The molecule has 0 radical (unpaired) electrons. The summed E-state index contributed by atoms with van der Waals surface area (Å²) in [4.78, 5) is 0. The third kappa shape index (κ3) is 4.52. The number of hydrogen-bond acceptors (Lipinski definition) is 1. The molecule has 0 amide bonds. The van der Waals surface area contributed by atoms with E-state index in [2.05, 4.69) is 25.4 Å². The number of nitrogens with zero attached hydrogens (tertiary/aromatic N) is 1. The van der Waals surface area contributed by atoms with Crippen molar-refractivity contribution >= 4 is 13.1 Å². The molecule has 0 saturated carbocycles. The topological polar surface area (TPSA) is 12.2 Å². The summed E-state index contributed by atoms with van der Waals surface area (Å²) in [6.07, 6.45) is 1.77. The van der Waals surface area contributed by atoms with E-state index in [4.69, 9.17) is 0 Å². The van der Waals surface area contributed by atoms with Crippen LogP contribution >= 0.6 is 0 Å². The molecule has 1 aliphatic rings. The highest BCUT2D eigenvalue weighted by Gasteiger charge is 2.37. The van der Waals surface area contributed by atoms with Gasteiger partial charge in [-0.15, -0.1) is 0 Å². The van der Waals surface area contributed by atoms with Crippen molar-refractivity contribution in [3.05, 3.63) is 35.9 Å². The molecule has 122 valence electrons. The van der Waals surface area contributed by atoms with Crippen molar-refractivity contribution in [2.24, 2.45) is 11.3 Å². The Hall–Kier alpha value is -1.46. The SMILES string of the molecule is CC(C)(C)C1CC[N+](=C(O[B-](F)(F)F)c2ccccc2)CC1. The second-order valence-corrected chi connectivity index (χ2v) is 6.93. The first-order valence-corrected chi connectivity index (χ1v) is 7.72. The molecule has 22 heavy (non-hydrogen) atoms. The minimum absolute atomic E-state index is 0.0551. The van der Waals surface area contributed by atoms with Crippen LogP contribution in [0.15, 0.2) is 30.3 Å². The number of piperidine rings is 1. The van der Waals surface area contributed by atoms with Crippen molar-refractivity contribution in [1.82, 2.24) is 0 Å². The van der Waals surface area contributed by atoms with Crippen molar-refractivity contribution < 1.29 is 22.2 Å². The van der Waals surface area contributed by atoms with Gasteiger partial charge in [-0.3, -0.25) is 0 Å². The van der Waals surface area contributed by atoms with Gasteiger partial charge in [-0.05, 0) is 23.5 Å². The molecule has 0 N–H and O–H groups in total. The first-order chi connectivity index (χ1) is 10.2. The van der Waals surface area contributed by atoms with Crippen LogP contribution in [0.3, 0.4) is 0 Å². The molecule has 1 aliphatic heterocycles. The lowest BCUT2D eigenvalue weighted by Gasteiger charge is -2.33. The molecule has 0 spiro atoms. The molecule has 6 heteroatoms. The fourth-order valence-electron chi connectivity index (χ4n) is 2.98. The van der Waals surface area contributed by atoms with Crippen molar-refractivity contribution in [2.75, 3.05) is 13.1 Å². The van der Waals surface area contributed by atoms with Crippen LogP contribution in [0, 0.1) is 11.3 Å². The lowest BCUT2D eigenvalue weighted by molar-refractivity contribution is -0.548. The number of benzene rings is 1. The molecule has 0 atom stereocenters. The fraction of sp³-hybridized carbons (Fsp3) is 0.562. The number of rotatable bonds is 2. The summed E-state index contributed by atoms with van der Waals surface area (Å²) in [7, 11) is -5.32. The van der Waals surface area contributed by atoms with Crippen molar-refractivity contribution in [1.29, 1.82) is 0 Å². The Bertz CT molecular complexity index is 525. The maximum Gasteiger partial charge on any atom is 0.703 e. The maximum atomic E-state index is 12.8. The van der Waals surface area contributed by atoms with Crippen molar-refractivity contribution in [3.8, 4) is 0 Å². The molecule has 2 nitrogen and oxygen atoms in total. The van der Waals surface area contributed by atoms with E-state index >= 15 is 0 Å². The van der Waals surface area contributed by atoms with Gasteiger partial charge >= 0.3 is 13.1 Å². The Balaban J connectivity index is 2.26. The summed E-state index contributed by atoms with van der Waals surface area (Å²) in [5.41, 5.74) is 0.671. The molecule has 1 aromatic rings. The predicted octanol–water partition coefficient (Wildman–Crippen LogP) is 4.26. The first-order valence-electron chi connectivity index (χ1n) is 7.72. The third-order valence-corrected chi connectivity index (χ3v) is 4.27. The zero-order chi connectivity index (χ0) is 16.4. The molecular weight excluding hydrogens is 290 g/mol. The van der Waals surface area contributed by atoms with E-state index in [1.165, 1.54) is 0 Å². The second-order valence-electron chi connectivity index (χ2n) is 6.93. The Labute approximate surface area is 130 Å². The quantitative estimate of drug-likeness (QED) is 0.451. The summed E-state index contributed by atoms with van der Waals surface area (Å²) in [5.74, 6) is 0.470. The van der Waals surface area contributed by atoms with Crippen LogP contribution < -0.4 is 0 Å². The average Bonchev–Trinajstić information content (AvgIpc) is 2.44. The van der Waals surface area contributed by atoms with Crippen LogP contribution in [0.4, 0.5) is 12.9 Å². The molecule has 0 unspecified atom stereocenters. The summed E-state index contributed by atoms with van der Waals surface area (Å²) in [5, 5.41) is 0. The van der Waals surface area contributed by atoms with Gasteiger partial charge in [0.15, 0.2) is 0 Å². The highest BCUT2D eigenvalue weighted by atomic mass is 19.4. The van der Waals surface area contributed by atoms with Gasteiger partial charge in [-0.2, -0.15) is 0 Å². The number of hydrogen-bond donors (Lipinski definition) is 0. The van der Waals surface area contributed by atoms with Crippen molar-refractivity contribution in [3.63, 3.8) is 0 Å². The van der Waals surface area contributed by atoms with Gasteiger partial charge in [0.25, 0.3) is 0 Å². The Kier molecular flexibility index (Phi) is 4.88. The molecule has 0 bridgehead atoms. The van der Waals surface area contributed by atoms with Crippen LogP contribution in [0.25, 0.3) is 0 Å². The lowest BCUT2D eigenvalue weighted by Crippen LogP contribution is -2.39. The third-order valence-electron chi connectivity index (χ3n) is 4.27. The zero-order valence-electron chi connectivity index (χ0n) is 13.4. The Morgan fingerprint density at radius 1 is 1.09 bits per heavy atom. The monoisotopic (exact) mass is 313 g/mol. The predicted molar refractivity (Wildman–Crippen MR) is 82.9 cm³/mol. The van der Waals surface area contributed by atoms with Crippen LogP contribution in [0.1, 0.15) is 39.2 Å². The molecular formula is C16H23BF3NO. The van der Waals surface area contributed by atoms with E-state index in [-0.39, 0.29) is 11.3 Å². The minimum atomic E-state index is -5.32. The van der Waals surface area contributed by atoms with Gasteiger partial charge in [0.1, 0.15) is 13.1 Å². The molecule has 1 heterocycles. The van der Waals surface area contributed by atoms with E-state index in [1.54, 1.807) is 34.9 Å². The molecule has 1 fully saturated rings. The van der Waals surface area contributed by atoms with Crippen LogP contribution in [0.5, 0.6) is 0 Å². The van der Waals surface area contributed by atoms with Crippen molar-refractivity contribution in [2.45, 2.75) is 33.6 Å². The van der Waals surface area contributed by atoms with Gasteiger partial charge in [0.05, 0.1) is 5.56 Å². The smallest absolute Gasteiger partial charge is 0.586 e. The van der Waals surface area contributed by atoms with E-state index in [1.807, 2.05) is 0 Å². The summed E-state index contributed by atoms with van der Waals surface area (Å²) in [6.45, 7) is 7.75. The van der Waals surface area contributed by atoms with Crippen LogP contribution in [-0.4, -0.2) is 30.7 Å². The molecule has 1 saturated heterocycles.